The van der Waals surface area contributed by atoms with Crippen LogP contribution in [-0.4, -0.2) is 43.1 Å². The lowest BCUT2D eigenvalue weighted by Crippen LogP contribution is -2.23. The van der Waals surface area contributed by atoms with Gasteiger partial charge in [-0.3, -0.25) is 15.0 Å². The van der Waals surface area contributed by atoms with Crippen molar-refractivity contribution in [3.05, 3.63) is 93.5 Å². The fourth-order valence-corrected chi connectivity index (χ4v) is 4.98. The molecule has 0 unspecified atom stereocenters. The Kier molecular flexibility index (Phi) is 7.13. The number of non-ortho nitro benzene ring substituents is 1. The van der Waals surface area contributed by atoms with Crippen LogP contribution in [0.3, 0.4) is 0 Å². The lowest BCUT2D eigenvalue weighted by atomic mass is 10.1. The van der Waals surface area contributed by atoms with Crippen molar-refractivity contribution in [2.75, 3.05) is 18.4 Å². The summed E-state index contributed by atoms with van der Waals surface area (Å²) in [5, 5.41) is 14.1. The summed E-state index contributed by atoms with van der Waals surface area (Å²) in [4.78, 5) is 25.5. The fourth-order valence-electron chi connectivity index (χ4n) is 3.81. The normalized spacial score (nSPS) is 13.7. The first kappa shape index (κ1) is 25.0. The first-order chi connectivity index (χ1) is 17.2. The summed E-state index contributed by atoms with van der Waals surface area (Å²) in [5.74, 6) is -0.216. The topological polar surface area (TPSA) is 131 Å². The highest BCUT2D eigenvalue weighted by molar-refractivity contribution is 7.90. The van der Waals surface area contributed by atoms with Gasteiger partial charge in [-0.15, -0.1) is 4.40 Å². The molecule has 1 N–H and O–H groups in total. The molecule has 0 saturated carbocycles. The Morgan fingerprint density at radius 3 is 2.53 bits per heavy atom. The highest BCUT2D eigenvalue weighted by atomic mass is 32.2. The predicted molar refractivity (Wildman–Crippen MR) is 135 cm³/mol. The minimum Gasteiger partial charge on any atom is -0.423 e. The molecule has 1 aliphatic rings. The number of hydrogen-bond acceptors (Lipinski definition) is 8. The quantitative estimate of drug-likeness (QED) is 0.207. The number of anilines is 1. The standard InChI is InChI=1S/C25H24N4O6S/c1-3-28(4-2)16-18-14-19(26-24-21-10-5-6-11-23(21)36(33,34)27-24)12-13-22(18)35-25(30)17-8-7-9-20(15-17)29(31)32/h5-15H,3-4,16H2,1-2H3,(H,26,27). The Bertz CT molecular complexity index is 1460. The number of benzene rings is 3. The van der Waals surface area contributed by atoms with Gasteiger partial charge in [0.1, 0.15) is 10.6 Å². The maximum absolute atomic E-state index is 12.8. The number of hydrogen-bond donors (Lipinski definition) is 1. The second-order valence-electron chi connectivity index (χ2n) is 8.02. The number of fused-ring (bicyclic) bond motifs is 1. The molecule has 0 aromatic heterocycles. The number of nitro groups is 1. The average Bonchev–Trinajstić information content (AvgIpc) is 3.13. The molecule has 0 bridgehead atoms. The molecular weight excluding hydrogens is 484 g/mol. The summed E-state index contributed by atoms with van der Waals surface area (Å²) in [6.07, 6.45) is 0. The van der Waals surface area contributed by atoms with E-state index in [-0.39, 0.29) is 22.0 Å². The van der Waals surface area contributed by atoms with E-state index in [0.29, 0.717) is 29.1 Å². The van der Waals surface area contributed by atoms with Gasteiger partial charge in [0.15, 0.2) is 5.84 Å². The van der Waals surface area contributed by atoms with Crippen LogP contribution in [0.25, 0.3) is 0 Å². The lowest BCUT2D eigenvalue weighted by Gasteiger charge is -2.21. The summed E-state index contributed by atoms with van der Waals surface area (Å²) >= 11 is 0. The van der Waals surface area contributed by atoms with E-state index in [2.05, 4.69) is 14.6 Å². The molecule has 3 aromatic carbocycles. The van der Waals surface area contributed by atoms with Gasteiger partial charge in [-0.05, 0) is 49.5 Å². The van der Waals surface area contributed by atoms with Crippen LogP contribution in [0.1, 0.15) is 35.3 Å². The van der Waals surface area contributed by atoms with Gasteiger partial charge < -0.3 is 10.1 Å². The maximum Gasteiger partial charge on any atom is 0.343 e. The Balaban J connectivity index is 1.64. The first-order valence-electron chi connectivity index (χ1n) is 11.2. The monoisotopic (exact) mass is 508 g/mol. The van der Waals surface area contributed by atoms with Crippen molar-refractivity contribution in [3.8, 4) is 5.75 Å². The molecule has 10 nitrogen and oxygen atoms in total. The molecule has 186 valence electrons. The van der Waals surface area contributed by atoms with Crippen LogP contribution in [0.4, 0.5) is 11.4 Å². The summed E-state index contributed by atoms with van der Waals surface area (Å²) in [6.45, 7) is 5.99. The molecule has 4 rings (SSSR count). The highest BCUT2D eigenvalue weighted by Gasteiger charge is 2.28. The highest BCUT2D eigenvalue weighted by Crippen LogP contribution is 2.30. The minimum atomic E-state index is -3.78. The Hall–Kier alpha value is -4.09. The third kappa shape index (κ3) is 5.26. The van der Waals surface area contributed by atoms with Crippen LogP contribution >= 0.6 is 0 Å². The van der Waals surface area contributed by atoms with Crippen molar-refractivity contribution in [3.63, 3.8) is 0 Å². The predicted octanol–water partition coefficient (Wildman–Crippen LogP) is 4.22. The molecule has 3 aromatic rings. The number of ether oxygens (including phenoxy) is 1. The van der Waals surface area contributed by atoms with Gasteiger partial charge in [0.2, 0.25) is 0 Å². The van der Waals surface area contributed by atoms with Gasteiger partial charge in [-0.25, -0.2) is 4.79 Å². The van der Waals surface area contributed by atoms with Crippen molar-refractivity contribution in [1.29, 1.82) is 0 Å². The lowest BCUT2D eigenvalue weighted by molar-refractivity contribution is -0.384. The Morgan fingerprint density at radius 2 is 1.81 bits per heavy atom. The maximum atomic E-state index is 12.8. The number of nitrogens with one attached hydrogen (secondary N) is 1. The van der Waals surface area contributed by atoms with Crippen molar-refractivity contribution in [1.82, 2.24) is 4.90 Å². The molecule has 1 heterocycles. The van der Waals surface area contributed by atoms with Gasteiger partial charge in [-0.2, -0.15) is 8.42 Å². The third-order valence-electron chi connectivity index (χ3n) is 5.74. The second-order valence-corrected chi connectivity index (χ2v) is 9.59. The zero-order valence-corrected chi connectivity index (χ0v) is 20.5. The number of rotatable bonds is 8. The molecule has 0 amide bonds. The van der Waals surface area contributed by atoms with Crippen LogP contribution in [0.15, 0.2) is 76.0 Å². The number of sulfonamides is 1. The van der Waals surface area contributed by atoms with E-state index < -0.39 is 20.9 Å². The molecule has 36 heavy (non-hydrogen) atoms. The molecule has 0 saturated heterocycles. The Labute approximate surface area is 208 Å². The summed E-state index contributed by atoms with van der Waals surface area (Å²) in [7, 11) is -3.78. The summed E-state index contributed by atoms with van der Waals surface area (Å²) < 4.78 is 34.3. The van der Waals surface area contributed by atoms with Crippen LogP contribution < -0.4 is 10.1 Å². The van der Waals surface area contributed by atoms with Crippen LogP contribution in [0.2, 0.25) is 0 Å². The van der Waals surface area contributed by atoms with Gasteiger partial charge in [0, 0.05) is 35.5 Å². The number of nitrogens with zero attached hydrogens (tertiary/aromatic N) is 3. The van der Waals surface area contributed by atoms with Crippen LogP contribution in [0, 0.1) is 10.1 Å². The molecule has 11 heteroatoms. The molecule has 1 aliphatic heterocycles. The molecule has 0 fully saturated rings. The molecule has 0 aliphatic carbocycles. The zero-order chi connectivity index (χ0) is 25.9. The van der Waals surface area contributed by atoms with Crippen molar-refractivity contribution < 1.29 is 22.9 Å². The summed E-state index contributed by atoms with van der Waals surface area (Å²) in [6, 6.07) is 16.9. The van der Waals surface area contributed by atoms with Crippen LogP contribution in [-0.2, 0) is 16.6 Å². The van der Waals surface area contributed by atoms with Crippen molar-refractivity contribution >= 4 is 33.2 Å². The smallest absolute Gasteiger partial charge is 0.343 e. The van der Waals surface area contributed by atoms with E-state index in [1.165, 1.54) is 30.3 Å². The van der Waals surface area contributed by atoms with Crippen LogP contribution in [0.5, 0.6) is 5.75 Å². The molecule has 0 radical (unpaired) electrons. The van der Waals surface area contributed by atoms with Crippen molar-refractivity contribution in [2.45, 2.75) is 25.3 Å². The van der Waals surface area contributed by atoms with Gasteiger partial charge in [-0.1, -0.05) is 32.0 Å². The zero-order valence-electron chi connectivity index (χ0n) is 19.7. The largest absolute Gasteiger partial charge is 0.423 e. The number of carbonyl (C=O) groups excluding carboxylic acids is 1. The van der Waals surface area contributed by atoms with E-state index in [4.69, 9.17) is 4.74 Å². The molecular formula is C25H24N4O6S. The van der Waals surface area contributed by atoms with E-state index in [9.17, 15) is 23.3 Å². The third-order valence-corrected chi connectivity index (χ3v) is 7.07. The molecule has 0 spiro atoms. The average molecular weight is 509 g/mol. The molecule has 0 atom stereocenters. The summed E-state index contributed by atoms with van der Waals surface area (Å²) in [5.41, 5.74) is 1.57. The van der Waals surface area contributed by atoms with Gasteiger partial charge in [0.05, 0.1) is 10.5 Å². The van der Waals surface area contributed by atoms with E-state index in [1.807, 2.05) is 13.8 Å². The number of nitro benzene ring substituents is 1. The second kappa shape index (κ2) is 10.3. The number of carbonyl (C=O) groups is 1. The van der Waals surface area contributed by atoms with Gasteiger partial charge >= 0.3 is 5.97 Å². The van der Waals surface area contributed by atoms with Gasteiger partial charge in [0.25, 0.3) is 15.7 Å². The number of amidine groups is 1. The SMILES string of the molecule is CCN(CC)Cc1cc(NC2=NS(=O)(=O)c3ccccc32)ccc1OC(=O)c1cccc([N+](=O)[O-])c1. The van der Waals surface area contributed by atoms with Crippen molar-refractivity contribution in [2.24, 2.45) is 4.40 Å². The van der Waals surface area contributed by atoms with E-state index >= 15 is 0 Å². The Morgan fingerprint density at radius 1 is 1.06 bits per heavy atom. The first-order valence-corrected chi connectivity index (χ1v) is 12.7. The number of esters is 1. The van der Waals surface area contributed by atoms with E-state index in [0.717, 1.165) is 13.1 Å². The minimum absolute atomic E-state index is 0.0577. The van der Waals surface area contributed by atoms with E-state index in [1.54, 1.807) is 36.4 Å². The fraction of sp³-hybridized carbons (Fsp3) is 0.200.